The van der Waals surface area contributed by atoms with Crippen molar-refractivity contribution in [3.8, 4) is 0 Å². The summed E-state index contributed by atoms with van der Waals surface area (Å²) in [4.78, 5) is 13.4. The number of para-hydroxylation sites is 1. The predicted octanol–water partition coefficient (Wildman–Crippen LogP) is 2.71. The Bertz CT molecular complexity index is 521. The van der Waals surface area contributed by atoms with Crippen LogP contribution >= 0.6 is 12.6 Å². The van der Waals surface area contributed by atoms with Crippen LogP contribution in [0.1, 0.15) is 12.0 Å². The lowest BCUT2D eigenvalue weighted by Gasteiger charge is -2.15. The zero-order valence-electron chi connectivity index (χ0n) is 9.72. The first-order valence-corrected chi connectivity index (χ1v) is 6.15. The topological polar surface area (TPSA) is 33.5 Å². The first kappa shape index (κ1) is 12.0. The first-order valence-electron chi connectivity index (χ1n) is 5.52. The van der Waals surface area contributed by atoms with E-state index in [4.69, 9.17) is 4.42 Å². The standard InChI is InChI=1S/C13H15NO2S/c1-14(13(15)6-7-17)8-10-9-16-12-5-3-2-4-11(10)12/h2-5,9,17H,6-8H2,1H3. The van der Waals surface area contributed by atoms with Crippen LogP contribution in [0.15, 0.2) is 34.9 Å². The average molecular weight is 249 g/mol. The Balaban J connectivity index is 2.16. The van der Waals surface area contributed by atoms with Gasteiger partial charge in [0.1, 0.15) is 5.58 Å². The molecule has 0 saturated carbocycles. The molecule has 0 bridgehead atoms. The number of hydrogen-bond acceptors (Lipinski definition) is 3. The van der Waals surface area contributed by atoms with Gasteiger partial charge in [-0.1, -0.05) is 18.2 Å². The minimum atomic E-state index is 0.102. The van der Waals surface area contributed by atoms with Crippen LogP contribution in [0, 0.1) is 0 Å². The molecule has 2 rings (SSSR count). The number of nitrogens with zero attached hydrogens (tertiary/aromatic N) is 1. The number of rotatable bonds is 4. The van der Waals surface area contributed by atoms with Gasteiger partial charge < -0.3 is 9.32 Å². The molecule has 0 aliphatic heterocycles. The van der Waals surface area contributed by atoms with Crippen LogP contribution in [0.4, 0.5) is 0 Å². The molecule has 0 aliphatic carbocycles. The van der Waals surface area contributed by atoms with Crippen LogP contribution in [0.2, 0.25) is 0 Å². The smallest absolute Gasteiger partial charge is 0.223 e. The molecule has 1 aromatic carbocycles. The van der Waals surface area contributed by atoms with Gasteiger partial charge in [0.25, 0.3) is 0 Å². The van der Waals surface area contributed by atoms with Crippen molar-refractivity contribution in [3.05, 3.63) is 36.1 Å². The molecule has 2 aromatic rings. The highest BCUT2D eigenvalue weighted by molar-refractivity contribution is 7.80. The molecular weight excluding hydrogens is 234 g/mol. The minimum Gasteiger partial charge on any atom is -0.464 e. The van der Waals surface area contributed by atoms with Crippen molar-refractivity contribution in [1.29, 1.82) is 0 Å². The van der Waals surface area contributed by atoms with E-state index in [1.807, 2.05) is 24.3 Å². The van der Waals surface area contributed by atoms with Crippen molar-refractivity contribution in [3.63, 3.8) is 0 Å². The number of furan rings is 1. The van der Waals surface area contributed by atoms with Gasteiger partial charge in [-0.05, 0) is 11.8 Å². The molecule has 0 atom stereocenters. The predicted molar refractivity (Wildman–Crippen MR) is 71.2 cm³/mol. The second-order valence-electron chi connectivity index (χ2n) is 3.98. The number of benzene rings is 1. The summed E-state index contributed by atoms with van der Waals surface area (Å²) in [5.41, 5.74) is 1.90. The third kappa shape index (κ3) is 2.64. The van der Waals surface area contributed by atoms with Gasteiger partial charge in [-0.25, -0.2) is 0 Å². The van der Waals surface area contributed by atoms with E-state index in [0.717, 1.165) is 16.5 Å². The largest absolute Gasteiger partial charge is 0.464 e. The molecule has 17 heavy (non-hydrogen) atoms. The monoisotopic (exact) mass is 249 g/mol. The van der Waals surface area contributed by atoms with Crippen molar-refractivity contribution in [2.24, 2.45) is 0 Å². The SMILES string of the molecule is CN(Cc1coc2ccccc12)C(=O)CCS. The molecular formula is C13H15NO2S. The Morgan fingerprint density at radius 1 is 1.41 bits per heavy atom. The Hall–Kier alpha value is -1.42. The van der Waals surface area contributed by atoms with Crippen LogP contribution in [0.25, 0.3) is 11.0 Å². The van der Waals surface area contributed by atoms with E-state index < -0.39 is 0 Å². The summed E-state index contributed by atoms with van der Waals surface area (Å²) < 4.78 is 5.44. The van der Waals surface area contributed by atoms with Gasteiger partial charge in [0.05, 0.1) is 6.26 Å². The number of carbonyl (C=O) groups excluding carboxylic acids is 1. The lowest BCUT2D eigenvalue weighted by atomic mass is 10.1. The van der Waals surface area contributed by atoms with Crippen molar-refractivity contribution in [1.82, 2.24) is 4.90 Å². The summed E-state index contributed by atoms with van der Waals surface area (Å²) in [6.45, 7) is 0.573. The second-order valence-corrected chi connectivity index (χ2v) is 4.43. The summed E-state index contributed by atoms with van der Waals surface area (Å²) in [5, 5.41) is 1.07. The highest BCUT2D eigenvalue weighted by Crippen LogP contribution is 2.21. The molecule has 0 saturated heterocycles. The molecule has 0 unspecified atom stereocenters. The van der Waals surface area contributed by atoms with E-state index in [-0.39, 0.29) is 5.91 Å². The van der Waals surface area contributed by atoms with E-state index in [9.17, 15) is 4.79 Å². The van der Waals surface area contributed by atoms with Gasteiger partial charge in [-0.3, -0.25) is 4.79 Å². The van der Waals surface area contributed by atoms with Gasteiger partial charge in [-0.15, -0.1) is 0 Å². The van der Waals surface area contributed by atoms with Gasteiger partial charge in [0.15, 0.2) is 0 Å². The molecule has 1 aromatic heterocycles. The van der Waals surface area contributed by atoms with Crippen LogP contribution < -0.4 is 0 Å². The summed E-state index contributed by atoms with van der Waals surface area (Å²) in [6.07, 6.45) is 2.19. The van der Waals surface area contributed by atoms with Gasteiger partial charge in [0.2, 0.25) is 5.91 Å². The van der Waals surface area contributed by atoms with Crippen molar-refractivity contribution >= 4 is 29.5 Å². The van der Waals surface area contributed by atoms with Crippen LogP contribution in [0.5, 0.6) is 0 Å². The van der Waals surface area contributed by atoms with Crippen molar-refractivity contribution in [2.45, 2.75) is 13.0 Å². The Labute approximate surface area is 106 Å². The molecule has 3 nitrogen and oxygen atoms in total. The fraction of sp³-hybridized carbons (Fsp3) is 0.308. The molecule has 0 spiro atoms. The number of amides is 1. The van der Waals surface area contributed by atoms with E-state index in [2.05, 4.69) is 12.6 Å². The Morgan fingerprint density at radius 3 is 2.94 bits per heavy atom. The van der Waals surface area contributed by atoms with Crippen molar-refractivity contribution in [2.75, 3.05) is 12.8 Å². The zero-order valence-corrected chi connectivity index (χ0v) is 10.6. The van der Waals surface area contributed by atoms with Gasteiger partial charge >= 0.3 is 0 Å². The summed E-state index contributed by atoms with van der Waals surface area (Å²) in [5.74, 6) is 0.681. The lowest BCUT2D eigenvalue weighted by molar-refractivity contribution is -0.129. The third-order valence-corrected chi connectivity index (χ3v) is 2.94. The summed E-state index contributed by atoms with van der Waals surface area (Å²) >= 11 is 4.06. The number of thiol groups is 1. The summed E-state index contributed by atoms with van der Waals surface area (Å²) in [6, 6.07) is 7.84. The molecule has 0 radical (unpaired) electrons. The maximum Gasteiger partial charge on any atom is 0.223 e. The van der Waals surface area contributed by atoms with E-state index >= 15 is 0 Å². The fourth-order valence-electron chi connectivity index (χ4n) is 1.79. The van der Waals surface area contributed by atoms with Gasteiger partial charge in [-0.2, -0.15) is 12.6 Å². The maximum absolute atomic E-state index is 11.7. The van der Waals surface area contributed by atoms with E-state index in [1.54, 1.807) is 18.2 Å². The molecule has 0 fully saturated rings. The van der Waals surface area contributed by atoms with Crippen LogP contribution in [-0.2, 0) is 11.3 Å². The highest BCUT2D eigenvalue weighted by Gasteiger charge is 2.11. The van der Waals surface area contributed by atoms with E-state index in [0.29, 0.717) is 18.7 Å². The quantitative estimate of drug-likeness (QED) is 0.845. The van der Waals surface area contributed by atoms with Gasteiger partial charge in [0, 0.05) is 31.0 Å². The Kier molecular flexibility index (Phi) is 3.74. The third-order valence-electron chi connectivity index (χ3n) is 2.72. The fourth-order valence-corrected chi connectivity index (χ4v) is 1.98. The molecule has 1 amide bonds. The highest BCUT2D eigenvalue weighted by atomic mass is 32.1. The number of hydrogen-bond donors (Lipinski definition) is 1. The minimum absolute atomic E-state index is 0.102. The molecule has 0 N–H and O–H groups in total. The summed E-state index contributed by atoms with van der Waals surface area (Å²) in [7, 11) is 1.80. The Morgan fingerprint density at radius 2 is 2.18 bits per heavy atom. The molecule has 4 heteroatoms. The first-order chi connectivity index (χ1) is 8.22. The average Bonchev–Trinajstić information content (AvgIpc) is 2.73. The maximum atomic E-state index is 11.7. The van der Waals surface area contributed by atoms with Crippen LogP contribution in [-0.4, -0.2) is 23.6 Å². The molecule has 1 heterocycles. The van der Waals surface area contributed by atoms with Crippen LogP contribution in [0.3, 0.4) is 0 Å². The molecule has 0 aliphatic rings. The van der Waals surface area contributed by atoms with E-state index in [1.165, 1.54) is 0 Å². The lowest BCUT2D eigenvalue weighted by Crippen LogP contribution is -2.26. The second kappa shape index (κ2) is 5.27. The molecule has 90 valence electrons. The van der Waals surface area contributed by atoms with Crippen molar-refractivity contribution < 1.29 is 9.21 Å². The zero-order chi connectivity index (χ0) is 12.3. The number of carbonyl (C=O) groups is 1. The normalized spacial score (nSPS) is 10.7. The number of fused-ring (bicyclic) bond motifs is 1.